The fourth-order valence-electron chi connectivity index (χ4n) is 1.98. The van der Waals surface area contributed by atoms with Crippen LogP contribution in [0.3, 0.4) is 0 Å². The summed E-state index contributed by atoms with van der Waals surface area (Å²) in [7, 11) is 0. The van der Waals surface area contributed by atoms with Crippen LogP contribution in [0.5, 0.6) is 0 Å². The number of carbonyl (C=O) groups is 2. The van der Waals surface area contributed by atoms with Crippen LogP contribution in [0.15, 0.2) is 30.3 Å². The summed E-state index contributed by atoms with van der Waals surface area (Å²) in [6.07, 6.45) is -1.80. The van der Waals surface area contributed by atoms with Gasteiger partial charge in [0.25, 0.3) is 5.92 Å². The smallest absolute Gasteiger partial charge is 0.347 e. The van der Waals surface area contributed by atoms with Gasteiger partial charge in [0.1, 0.15) is 0 Å². The lowest BCUT2D eigenvalue weighted by atomic mass is 10.1. The first kappa shape index (κ1) is 15.4. The van der Waals surface area contributed by atoms with Crippen LogP contribution in [-0.4, -0.2) is 30.6 Å². The van der Waals surface area contributed by atoms with Crippen molar-refractivity contribution in [3.8, 4) is 0 Å². The molecule has 0 bridgehead atoms. The lowest BCUT2D eigenvalue weighted by molar-refractivity contribution is -0.154. The van der Waals surface area contributed by atoms with E-state index in [1.807, 2.05) is 0 Å². The second kappa shape index (κ2) is 6.20. The quantitative estimate of drug-likeness (QED) is 0.758. The molecule has 6 heteroatoms. The Morgan fingerprint density at radius 1 is 1.33 bits per heavy atom. The highest BCUT2D eigenvalue weighted by Crippen LogP contribution is 2.51. The van der Waals surface area contributed by atoms with E-state index in [1.165, 1.54) is 12.1 Å². The molecule has 21 heavy (non-hydrogen) atoms. The average Bonchev–Trinajstić information content (AvgIpc) is 3.06. The average molecular weight is 298 g/mol. The predicted molar refractivity (Wildman–Crippen MR) is 69.9 cm³/mol. The molecular weight excluding hydrogens is 282 g/mol. The minimum Gasteiger partial charge on any atom is -0.463 e. The summed E-state index contributed by atoms with van der Waals surface area (Å²) in [6.45, 7) is 1.69. The van der Waals surface area contributed by atoms with Gasteiger partial charge in [-0.15, -0.1) is 0 Å². The summed E-state index contributed by atoms with van der Waals surface area (Å²) in [5.74, 6) is -5.22. The van der Waals surface area contributed by atoms with Crippen LogP contribution in [0.2, 0.25) is 0 Å². The predicted octanol–water partition coefficient (Wildman–Crippen LogP) is 2.82. The second-order valence-electron chi connectivity index (χ2n) is 4.91. The van der Waals surface area contributed by atoms with E-state index >= 15 is 0 Å². The number of hydrogen-bond donors (Lipinski definition) is 0. The van der Waals surface area contributed by atoms with E-state index in [0.29, 0.717) is 0 Å². The molecule has 1 aliphatic rings. The van der Waals surface area contributed by atoms with Crippen molar-refractivity contribution >= 4 is 11.9 Å². The van der Waals surface area contributed by atoms with Crippen LogP contribution in [0.1, 0.15) is 30.1 Å². The molecule has 0 heterocycles. The monoisotopic (exact) mass is 298 g/mol. The minimum absolute atomic E-state index is 0.0965. The van der Waals surface area contributed by atoms with E-state index in [0.717, 1.165) is 0 Å². The number of esters is 2. The molecule has 0 aromatic heterocycles. The van der Waals surface area contributed by atoms with Gasteiger partial charge in [0.2, 0.25) is 0 Å². The standard InChI is InChI=1S/C15H16F2O4/c1-2-20-14(19)12(8-11-9-15(11,16)17)21-13(18)10-6-4-3-5-7-10/h3-7,11-12H,2,8-9H2,1H3. The summed E-state index contributed by atoms with van der Waals surface area (Å²) in [5.41, 5.74) is 0.259. The Labute approximate surface area is 121 Å². The highest BCUT2D eigenvalue weighted by atomic mass is 19.3. The zero-order valence-electron chi connectivity index (χ0n) is 11.6. The fourth-order valence-corrected chi connectivity index (χ4v) is 1.98. The summed E-state index contributed by atoms with van der Waals surface area (Å²) < 4.78 is 35.8. The van der Waals surface area contributed by atoms with Gasteiger partial charge >= 0.3 is 11.9 Å². The van der Waals surface area contributed by atoms with Gasteiger partial charge in [-0.3, -0.25) is 0 Å². The first-order chi connectivity index (χ1) is 9.94. The molecule has 1 saturated carbocycles. The molecule has 0 saturated heterocycles. The van der Waals surface area contributed by atoms with E-state index in [4.69, 9.17) is 9.47 Å². The molecular formula is C15H16F2O4. The lowest BCUT2D eigenvalue weighted by Gasteiger charge is -2.16. The highest BCUT2D eigenvalue weighted by Gasteiger charge is 2.58. The fraction of sp³-hybridized carbons (Fsp3) is 0.467. The Kier molecular flexibility index (Phi) is 4.55. The first-order valence-corrected chi connectivity index (χ1v) is 6.74. The molecule has 2 rings (SSSR count). The Morgan fingerprint density at radius 3 is 2.48 bits per heavy atom. The van der Waals surface area contributed by atoms with Gasteiger partial charge in [-0.25, -0.2) is 18.4 Å². The van der Waals surface area contributed by atoms with Crippen molar-refractivity contribution in [2.24, 2.45) is 5.92 Å². The van der Waals surface area contributed by atoms with Crippen LogP contribution in [0.4, 0.5) is 8.78 Å². The summed E-state index contributed by atoms with van der Waals surface area (Å²) in [6, 6.07) is 8.06. The number of rotatable bonds is 6. The van der Waals surface area contributed by atoms with Crippen LogP contribution < -0.4 is 0 Å². The van der Waals surface area contributed by atoms with Crippen molar-refractivity contribution in [1.29, 1.82) is 0 Å². The Morgan fingerprint density at radius 2 is 1.95 bits per heavy atom. The van der Waals surface area contributed by atoms with Gasteiger partial charge in [-0.1, -0.05) is 18.2 Å². The van der Waals surface area contributed by atoms with Crippen LogP contribution >= 0.6 is 0 Å². The minimum atomic E-state index is -2.77. The van der Waals surface area contributed by atoms with Gasteiger partial charge in [-0.2, -0.15) is 0 Å². The lowest BCUT2D eigenvalue weighted by Crippen LogP contribution is -2.30. The Balaban J connectivity index is 2.01. The van der Waals surface area contributed by atoms with E-state index in [9.17, 15) is 18.4 Å². The maximum Gasteiger partial charge on any atom is 0.347 e. The van der Waals surface area contributed by atoms with Crippen LogP contribution in [0, 0.1) is 5.92 Å². The normalized spacial score (nSPS) is 20.4. The van der Waals surface area contributed by atoms with E-state index in [-0.39, 0.29) is 25.0 Å². The van der Waals surface area contributed by atoms with Crippen molar-refractivity contribution in [1.82, 2.24) is 0 Å². The molecule has 1 fully saturated rings. The largest absolute Gasteiger partial charge is 0.463 e. The number of carbonyl (C=O) groups excluding carboxylic acids is 2. The molecule has 0 N–H and O–H groups in total. The van der Waals surface area contributed by atoms with Gasteiger partial charge in [-0.05, 0) is 19.1 Å². The van der Waals surface area contributed by atoms with Gasteiger partial charge in [0.05, 0.1) is 12.2 Å². The topological polar surface area (TPSA) is 52.6 Å². The van der Waals surface area contributed by atoms with Gasteiger partial charge < -0.3 is 9.47 Å². The molecule has 1 aromatic carbocycles. The van der Waals surface area contributed by atoms with Crippen molar-refractivity contribution in [2.75, 3.05) is 6.61 Å². The van der Waals surface area contributed by atoms with Crippen molar-refractivity contribution < 1.29 is 27.8 Å². The molecule has 0 aliphatic heterocycles. The Hall–Kier alpha value is -1.98. The number of halogens is 2. The highest BCUT2D eigenvalue weighted by molar-refractivity contribution is 5.91. The summed E-state index contributed by atoms with van der Waals surface area (Å²) >= 11 is 0. The number of ether oxygens (including phenoxy) is 2. The van der Waals surface area contributed by atoms with Gasteiger partial charge in [0.15, 0.2) is 6.10 Å². The van der Waals surface area contributed by atoms with E-state index in [2.05, 4.69) is 0 Å². The third-order valence-electron chi connectivity index (χ3n) is 3.26. The maximum absolute atomic E-state index is 13.0. The van der Waals surface area contributed by atoms with Crippen molar-refractivity contribution in [3.05, 3.63) is 35.9 Å². The Bertz CT molecular complexity index is 516. The molecule has 0 spiro atoms. The van der Waals surface area contributed by atoms with Gasteiger partial charge in [0, 0.05) is 18.8 Å². The zero-order chi connectivity index (χ0) is 15.5. The maximum atomic E-state index is 13.0. The molecule has 114 valence electrons. The van der Waals surface area contributed by atoms with E-state index in [1.54, 1.807) is 25.1 Å². The number of benzene rings is 1. The summed E-state index contributed by atoms with van der Waals surface area (Å²) in [4.78, 5) is 23.6. The van der Waals surface area contributed by atoms with Crippen LogP contribution in [-0.2, 0) is 14.3 Å². The molecule has 2 atom stereocenters. The zero-order valence-corrected chi connectivity index (χ0v) is 11.6. The molecule has 0 radical (unpaired) electrons. The first-order valence-electron chi connectivity index (χ1n) is 6.74. The SMILES string of the molecule is CCOC(=O)C(CC1CC1(F)F)OC(=O)c1ccccc1. The second-order valence-corrected chi connectivity index (χ2v) is 4.91. The summed E-state index contributed by atoms with van der Waals surface area (Å²) in [5, 5.41) is 0. The molecule has 1 aromatic rings. The molecule has 0 amide bonds. The van der Waals surface area contributed by atoms with Crippen LogP contribution in [0.25, 0.3) is 0 Å². The number of hydrogen-bond acceptors (Lipinski definition) is 4. The third kappa shape index (κ3) is 4.00. The van der Waals surface area contributed by atoms with E-state index < -0.39 is 29.9 Å². The van der Waals surface area contributed by atoms with Crippen molar-refractivity contribution in [3.63, 3.8) is 0 Å². The van der Waals surface area contributed by atoms with Crippen molar-refractivity contribution in [2.45, 2.75) is 31.8 Å². The molecule has 2 unspecified atom stereocenters. The molecule has 4 nitrogen and oxygen atoms in total. The third-order valence-corrected chi connectivity index (χ3v) is 3.26. The number of alkyl halides is 2. The molecule has 1 aliphatic carbocycles.